The smallest absolute Gasteiger partial charge is 0.267 e. The Morgan fingerprint density at radius 2 is 1.62 bits per heavy atom. The molecular weight excluding hydrogens is 281 g/mol. The molecule has 6 heteroatoms. The molecule has 3 nitrogen and oxygen atoms in total. The van der Waals surface area contributed by atoms with Crippen molar-refractivity contribution < 1.29 is 18.0 Å². The van der Waals surface area contributed by atoms with Gasteiger partial charge >= 0.3 is 6.18 Å². The highest BCUT2D eigenvalue weighted by molar-refractivity contribution is 5.94. The molecule has 2 rings (SSSR count). The number of benzene rings is 2. The molecule has 0 heterocycles. The van der Waals surface area contributed by atoms with E-state index in [1.807, 2.05) is 0 Å². The van der Waals surface area contributed by atoms with Gasteiger partial charge in [-0.15, -0.1) is 0 Å². The monoisotopic (exact) mass is 292 g/mol. The molecule has 0 fully saturated rings. The predicted octanol–water partition coefficient (Wildman–Crippen LogP) is 3.47. The second-order valence-electron chi connectivity index (χ2n) is 4.18. The van der Waals surface area contributed by atoms with Crippen LogP contribution in [0.3, 0.4) is 0 Å². The lowest BCUT2D eigenvalue weighted by Gasteiger charge is -2.05. The first-order valence-electron chi connectivity index (χ1n) is 6.02. The summed E-state index contributed by atoms with van der Waals surface area (Å²) in [7, 11) is 0. The molecule has 0 spiro atoms. The standard InChI is InChI=1S/C15H11F3N2O/c16-15(17,18)13-8-6-11(7-9-13)10-19-20-14(21)12-4-2-1-3-5-12/h1-10H,(H,20,21)/b19-10-. The lowest BCUT2D eigenvalue weighted by molar-refractivity contribution is -0.137. The summed E-state index contributed by atoms with van der Waals surface area (Å²) >= 11 is 0. The maximum Gasteiger partial charge on any atom is 0.416 e. The maximum absolute atomic E-state index is 12.4. The van der Waals surface area contributed by atoms with Crippen LogP contribution < -0.4 is 5.43 Å². The summed E-state index contributed by atoms with van der Waals surface area (Å²) in [6, 6.07) is 12.9. The van der Waals surface area contributed by atoms with E-state index in [4.69, 9.17) is 0 Å². The van der Waals surface area contributed by atoms with E-state index in [9.17, 15) is 18.0 Å². The van der Waals surface area contributed by atoms with Crippen molar-refractivity contribution in [1.82, 2.24) is 5.43 Å². The largest absolute Gasteiger partial charge is 0.416 e. The zero-order valence-corrected chi connectivity index (χ0v) is 10.8. The van der Waals surface area contributed by atoms with E-state index in [1.165, 1.54) is 18.3 Å². The summed E-state index contributed by atoms with van der Waals surface area (Å²) in [5.74, 6) is -0.390. The summed E-state index contributed by atoms with van der Waals surface area (Å²) in [5.41, 5.74) is 2.47. The Morgan fingerprint density at radius 3 is 2.19 bits per heavy atom. The quantitative estimate of drug-likeness (QED) is 0.683. The summed E-state index contributed by atoms with van der Waals surface area (Å²) in [4.78, 5) is 11.6. The van der Waals surface area contributed by atoms with E-state index in [1.54, 1.807) is 30.3 Å². The molecular formula is C15H11F3N2O. The molecule has 2 aromatic carbocycles. The number of carbonyl (C=O) groups excluding carboxylic acids is 1. The van der Waals surface area contributed by atoms with E-state index in [2.05, 4.69) is 10.5 Å². The number of rotatable bonds is 3. The number of nitrogens with one attached hydrogen (secondary N) is 1. The van der Waals surface area contributed by atoms with Gasteiger partial charge in [0.25, 0.3) is 5.91 Å². The highest BCUT2D eigenvalue weighted by atomic mass is 19.4. The molecule has 108 valence electrons. The number of hydrogen-bond acceptors (Lipinski definition) is 2. The second-order valence-corrected chi connectivity index (χ2v) is 4.18. The fraction of sp³-hybridized carbons (Fsp3) is 0.0667. The molecule has 0 aliphatic rings. The van der Waals surface area contributed by atoms with Gasteiger partial charge in [0.2, 0.25) is 0 Å². The van der Waals surface area contributed by atoms with Crippen LogP contribution in [0.25, 0.3) is 0 Å². The molecule has 1 N–H and O–H groups in total. The third-order valence-electron chi connectivity index (χ3n) is 2.65. The van der Waals surface area contributed by atoms with Crippen LogP contribution in [-0.4, -0.2) is 12.1 Å². The van der Waals surface area contributed by atoms with Gasteiger partial charge in [0.15, 0.2) is 0 Å². The Balaban J connectivity index is 1.97. The Bertz CT molecular complexity index is 634. The predicted molar refractivity (Wildman–Crippen MR) is 72.9 cm³/mol. The Kier molecular flexibility index (Phi) is 4.37. The topological polar surface area (TPSA) is 41.5 Å². The van der Waals surface area contributed by atoms with Crippen LogP contribution in [0.4, 0.5) is 13.2 Å². The van der Waals surface area contributed by atoms with E-state index in [0.717, 1.165) is 12.1 Å². The molecule has 0 saturated heterocycles. The molecule has 0 aliphatic carbocycles. The van der Waals surface area contributed by atoms with Crippen LogP contribution in [0.5, 0.6) is 0 Å². The highest BCUT2D eigenvalue weighted by Gasteiger charge is 2.29. The van der Waals surface area contributed by atoms with E-state index < -0.39 is 17.6 Å². The van der Waals surface area contributed by atoms with Crippen molar-refractivity contribution in [2.45, 2.75) is 6.18 Å². The minimum Gasteiger partial charge on any atom is -0.267 e. The van der Waals surface area contributed by atoms with E-state index >= 15 is 0 Å². The molecule has 0 aromatic heterocycles. The van der Waals surface area contributed by atoms with Gasteiger partial charge in [0, 0.05) is 5.56 Å². The van der Waals surface area contributed by atoms with Crippen molar-refractivity contribution in [2.75, 3.05) is 0 Å². The number of carbonyl (C=O) groups is 1. The molecule has 21 heavy (non-hydrogen) atoms. The highest BCUT2D eigenvalue weighted by Crippen LogP contribution is 2.28. The van der Waals surface area contributed by atoms with Gasteiger partial charge in [-0.3, -0.25) is 4.79 Å². The molecule has 0 saturated carbocycles. The summed E-state index contributed by atoms with van der Waals surface area (Å²) < 4.78 is 37.1. The minimum absolute atomic E-state index is 0.390. The first-order chi connectivity index (χ1) is 9.97. The van der Waals surface area contributed by atoms with Gasteiger partial charge < -0.3 is 0 Å². The lowest BCUT2D eigenvalue weighted by Crippen LogP contribution is -2.17. The molecule has 0 aliphatic heterocycles. The number of nitrogens with zero attached hydrogens (tertiary/aromatic N) is 1. The van der Waals surface area contributed by atoms with Crippen LogP contribution in [0, 0.1) is 0 Å². The van der Waals surface area contributed by atoms with Crippen molar-refractivity contribution in [1.29, 1.82) is 0 Å². The van der Waals surface area contributed by atoms with E-state index in [0.29, 0.717) is 11.1 Å². The van der Waals surface area contributed by atoms with Crippen molar-refractivity contribution in [3.8, 4) is 0 Å². The number of hydrazone groups is 1. The van der Waals surface area contributed by atoms with Gasteiger partial charge in [0.1, 0.15) is 0 Å². The van der Waals surface area contributed by atoms with Gasteiger partial charge in [-0.25, -0.2) is 5.43 Å². The van der Waals surface area contributed by atoms with Crippen LogP contribution in [0.1, 0.15) is 21.5 Å². The van der Waals surface area contributed by atoms with Crippen LogP contribution >= 0.6 is 0 Å². The summed E-state index contributed by atoms with van der Waals surface area (Å²) in [5, 5.41) is 3.70. The zero-order chi connectivity index (χ0) is 15.3. The lowest BCUT2D eigenvalue weighted by atomic mass is 10.1. The molecule has 0 radical (unpaired) electrons. The van der Waals surface area contributed by atoms with Gasteiger partial charge in [-0.1, -0.05) is 30.3 Å². The summed E-state index contributed by atoms with van der Waals surface area (Å²) in [6.07, 6.45) is -3.09. The number of hydrogen-bond donors (Lipinski definition) is 1. The third kappa shape index (κ3) is 4.17. The fourth-order valence-electron chi connectivity index (χ4n) is 1.58. The third-order valence-corrected chi connectivity index (χ3v) is 2.65. The van der Waals surface area contributed by atoms with Crippen molar-refractivity contribution in [3.05, 3.63) is 71.3 Å². The number of amides is 1. The molecule has 0 unspecified atom stereocenters. The van der Waals surface area contributed by atoms with Crippen molar-refractivity contribution in [3.63, 3.8) is 0 Å². The zero-order valence-electron chi connectivity index (χ0n) is 10.8. The SMILES string of the molecule is O=C(N/N=C\c1ccc(C(F)(F)F)cc1)c1ccccc1. The van der Waals surface area contributed by atoms with Gasteiger partial charge in [0.05, 0.1) is 11.8 Å². The van der Waals surface area contributed by atoms with Gasteiger partial charge in [-0.2, -0.15) is 18.3 Å². The molecule has 2 aromatic rings. The van der Waals surface area contributed by atoms with Crippen LogP contribution in [0.2, 0.25) is 0 Å². The fourth-order valence-corrected chi connectivity index (χ4v) is 1.58. The molecule has 0 bridgehead atoms. The number of halogens is 3. The normalized spacial score (nSPS) is 11.6. The minimum atomic E-state index is -4.36. The average Bonchev–Trinajstić information content (AvgIpc) is 2.47. The molecule has 1 amide bonds. The number of alkyl halides is 3. The Morgan fingerprint density at radius 1 is 1.00 bits per heavy atom. The van der Waals surface area contributed by atoms with Gasteiger partial charge in [-0.05, 0) is 29.8 Å². The first-order valence-corrected chi connectivity index (χ1v) is 6.02. The first kappa shape index (κ1) is 14.8. The molecule has 0 atom stereocenters. The van der Waals surface area contributed by atoms with E-state index in [-0.39, 0.29) is 0 Å². The van der Waals surface area contributed by atoms with Crippen LogP contribution in [-0.2, 0) is 6.18 Å². The maximum atomic E-state index is 12.4. The average molecular weight is 292 g/mol. The Hall–Kier alpha value is -2.63. The summed E-state index contributed by atoms with van der Waals surface area (Å²) in [6.45, 7) is 0. The van der Waals surface area contributed by atoms with Crippen molar-refractivity contribution >= 4 is 12.1 Å². The van der Waals surface area contributed by atoms with Crippen LogP contribution in [0.15, 0.2) is 59.7 Å². The Labute approximate surface area is 119 Å². The van der Waals surface area contributed by atoms with Crippen molar-refractivity contribution in [2.24, 2.45) is 5.10 Å². The second kappa shape index (κ2) is 6.21.